The van der Waals surface area contributed by atoms with Crippen molar-refractivity contribution in [2.45, 2.75) is 20.4 Å². The average molecular weight is 295 g/mol. The van der Waals surface area contributed by atoms with Gasteiger partial charge in [-0.3, -0.25) is 9.36 Å². The standard InChI is InChI=1S/C14H14FNO3S/c1-8-9(2)20-14(18)16(8)7-10-4-5-11(12(15)6-10)13(17)19-3/h4-6H,7H2,1-3H3. The van der Waals surface area contributed by atoms with Gasteiger partial charge in [0.1, 0.15) is 5.82 Å². The van der Waals surface area contributed by atoms with Crippen LogP contribution in [0.3, 0.4) is 0 Å². The molecule has 1 heterocycles. The number of rotatable bonds is 3. The fourth-order valence-corrected chi connectivity index (χ4v) is 2.72. The average Bonchev–Trinajstić information content (AvgIpc) is 2.65. The zero-order valence-electron chi connectivity index (χ0n) is 11.4. The molecule has 106 valence electrons. The fourth-order valence-electron chi connectivity index (χ4n) is 1.89. The van der Waals surface area contributed by atoms with E-state index in [2.05, 4.69) is 4.74 Å². The Balaban J connectivity index is 2.34. The minimum Gasteiger partial charge on any atom is -0.465 e. The molecule has 0 fully saturated rings. The lowest BCUT2D eigenvalue weighted by atomic mass is 10.1. The Morgan fingerprint density at radius 2 is 2.10 bits per heavy atom. The summed E-state index contributed by atoms with van der Waals surface area (Å²) in [7, 11) is 1.20. The Morgan fingerprint density at radius 1 is 1.40 bits per heavy atom. The SMILES string of the molecule is COC(=O)c1ccc(Cn2c(C)c(C)sc2=O)cc1F. The zero-order valence-corrected chi connectivity index (χ0v) is 12.2. The second-order valence-electron chi connectivity index (χ2n) is 4.40. The Kier molecular flexibility index (Phi) is 4.04. The van der Waals surface area contributed by atoms with Gasteiger partial charge >= 0.3 is 10.8 Å². The van der Waals surface area contributed by atoms with Gasteiger partial charge in [0.15, 0.2) is 0 Å². The number of hydrogen-bond donors (Lipinski definition) is 0. The van der Waals surface area contributed by atoms with Crippen LogP contribution in [-0.4, -0.2) is 17.6 Å². The maximum absolute atomic E-state index is 13.8. The monoisotopic (exact) mass is 295 g/mol. The van der Waals surface area contributed by atoms with Crippen molar-refractivity contribution in [1.29, 1.82) is 0 Å². The van der Waals surface area contributed by atoms with E-state index in [9.17, 15) is 14.0 Å². The van der Waals surface area contributed by atoms with Gasteiger partial charge in [0.2, 0.25) is 0 Å². The van der Waals surface area contributed by atoms with E-state index in [1.807, 2.05) is 13.8 Å². The fraction of sp³-hybridized carbons (Fsp3) is 0.286. The molecule has 2 rings (SSSR count). The maximum Gasteiger partial charge on any atom is 0.340 e. The van der Waals surface area contributed by atoms with E-state index in [4.69, 9.17) is 0 Å². The first-order valence-corrected chi connectivity index (χ1v) is 6.79. The van der Waals surface area contributed by atoms with Gasteiger partial charge in [0.05, 0.1) is 19.2 Å². The van der Waals surface area contributed by atoms with Crippen LogP contribution in [0.2, 0.25) is 0 Å². The number of hydrogen-bond acceptors (Lipinski definition) is 4. The molecule has 0 saturated heterocycles. The number of thiazole rings is 1. The predicted octanol–water partition coefficient (Wildman–Crippen LogP) is 2.50. The van der Waals surface area contributed by atoms with Gasteiger partial charge in [-0.15, -0.1) is 0 Å². The summed E-state index contributed by atoms with van der Waals surface area (Å²) in [6.45, 7) is 4.01. The van der Waals surface area contributed by atoms with Crippen molar-refractivity contribution in [3.05, 3.63) is 55.4 Å². The molecular weight excluding hydrogens is 281 g/mol. The molecule has 0 aliphatic rings. The number of aryl methyl sites for hydroxylation is 1. The highest BCUT2D eigenvalue weighted by Crippen LogP contribution is 2.15. The third-order valence-electron chi connectivity index (χ3n) is 3.15. The quantitative estimate of drug-likeness (QED) is 0.817. The van der Waals surface area contributed by atoms with Crippen LogP contribution in [0, 0.1) is 19.7 Å². The summed E-state index contributed by atoms with van der Waals surface area (Å²) in [6.07, 6.45) is 0. The van der Waals surface area contributed by atoms with Crippen molar-refractivity contribution in [1.82, 2.24) is 4.57 Å². The highest BCUT2D eigenvalue weighted by atomic mass is 32.1. The van der Waals surface area contributed by atoms with Crippen LogP contribution in [0.1, 0.15) is 26.5 Å². The Labute approximate surface area is 119 Å². The van der Waals surface area contributed by atoms with Gasteiger partial charge in [-0.05, 0) is 31.5 Å². The van der Waals surface area contributed by atoms with E-state index < -0.39 is 11.8 Å². The number of esters is 1. The Hall–Kier alpha value is -1.95. The lowest BCUT2D eigenvalue weighted by Crippen LogP contribution is -2.16. The molecule has 0 unspecified atom stereocenters. The van der Waals surface area contributed by atoms with Gasteiger partial charge in [0, 0.05) is 10.6 Å². The number of carbonyl (C=O) groups is 1. The molecule has 1 aromatic carbocycles. The number of halogens is 1. The van der Waals surface area contributed by atoms with Crippen molar-refractivity contribution in [2.24, 2.45) is 0 Å². The van der Waals surface area contributed by atoms with E-state index >= 15 is 0 Å². The van der Waals surface area contributed by atoms with Gasteiger partial charge in [-0.25, -0.2) is 9.18 Å². The number of methoxy groups -OCH3 is 1. The third-order valence-corrected chi connectivity index (χ3v) is 4.15. The van der Waals surface area contributed by atoms with Crippen LogP contribution >= 0.6 is 11.3 Å². The van der Waals surface area contributed by atoms with Crippen LogP contribution in [-0.2, 0) is 11.3 Å². The number of nitrogens with zero attached hydrogens (tertiary/aromatic N) is 1. The number of benzene rings is 1. The van der Waals surface area contributed by atoms with Crippen molar-refractivity contribution in [3.63, 3.8) is 0 Å². The molecule has 0 atom stereocenters. The molecule has 1 aromatic heterocycles. The number of aromatic nitrogens is 1. The van der Waals surface area contributed by atoms with Crippen molar-refractivity contribution in [3.8, 4) is 0 Å². The van der Waals surface area contributed by atoms with Gasteiger partial charge in [-0.2, -0.15) is 0 Å². The van der Waals surface area contributed by atoms with Crippen LogP contribution < -0.4 is 4.87 Å². The molecule has 0 saturated carbocycles. The number of carbonyl (C=O) groups excluding carboxylic acids is 1. The molecule has 0 N–H and O–H groups in total. The first-order valence-electron chi connectivity index (χ1n) is 5.97. The summed E-state index contributed by atoms with van der Waals surface area (Å²) in [4.78, 5) is 24.0. The second kappa shape index (κ2) is 5.58. The second-order valence-corrected chi connectivity index (χ2v) is 5.57. The van der Waals surface area contributed by atoms with Crippen molar-refractivity contribution < 1.29 is 13.9 Å². The molecule has 20 heavy (non-hydrogen) atoms. The molecular formula is C14H14FNO3S. The van der Waals surface area contributed by atoms with E-state index in [0.717, 1.165) is 10.6 Å². The summed E-state index contributed by atoms with van der Waals surface area (Å²) in [5.74, 6) is -1.36. The maximum atomic E-state index is 13.8. The minimum atomic E-state index is -0.714. The van der Waals surface area contributed by atoms with Gasteiger partial charge in [-0.1, -0.05) is 17.4 Å². The molecule has 6 heteroatoms. The van der Waals surface area contributed by atoms with Crippen LogP contribution in [0.25, 0.3) is 0 Å². The van der Waals surface area contributed by atoms with Gasteiger partial charge < -0.3 is 4.74 Å². The van der Waals surface area contributed by atoms with E-state index in [0.29, 0.717) is 5.56 Å². The largest absolute Gasteiger partial charge is 0.465 e. The molecule has 0 bridgehead atoms. The Bertz CT molecular complexity index is 718. The molecule has 0 aliphatic carbocycles. The van der Waals surface area contributed by atoms with Crippen molar-refractivity contribution >= 4 is 17.3 Å². The molecule has 4 nitrogen and oxygen atoms in total. The molecule has 2 aromatic rings. The third kappa shape index (κ3) is 2.65. The van der Waals surface area contributed by atoms with Crippen molar-refractivity contribution in [2.75, 3.05) is 7.11 Å². The smallest absolute Gasteiger partial charge is 0.340 e. The van der Waals surface area contributed by atoms with Gasteiger partial charge in [0.25, 0.3) is 0 Å². The lowest BCUT2D eigenvalue weighted by molar-refractivity contribution is 0.0595. The van der Waals surface area contributed by atoms with Crippen LogP contribution in [0.4, 0.5) is 4.39 Å². The zero-order chi connectivity index (χ0) is 14.9. The highest BCUT2D eigenvalue weighted by Gasteiger charge is 2.14. The molecule has 0 amide bonds. The highest BCUT2D eigenvalue weighted by molar-refractivity contribution is 7.09. The molecule has 0 radical (unpaired) electrons. The summed E-state index contributed by atoms with van der Waals surface area (Å²) in [5, 5.41) is 0. The normalized spacial score (nSPS) is 10.6. The van der Waals surface area contributed by atoms with Crippen LogP contribution in [0.15, 0.2) is 23.0 Å². The lowest BCUT2D eigenvalue weighted by Gasteiger charge is -2.07. The number of ether oxygens (including phenoxy) is 1. The molecule has 0 spiro atoms. The first kappa shape index (κ1) is 14.5. The Morgan fingerprint density at radius 3 is 2.60 bits per heavy atom. The summed E-state index contributed by atoms with van der Waals surface area (Å²) in [6, 6.07) is 4.25. The first-order chi connectivity index (χ1) is 9.43. The summed E-state index contributed by atoms with van der Waals surface area (Å²) < 4.78 is 19.9. The summed E-state index contributed by atoms with van der Waals surface area (Å²) in [5.41, 5.74) is 1.39. The van der Waals surface area contributed by atoms with Crippen LogP contribution in [0.5, 0.6) is 0 Å². The topological polar surface area (TPSA) is 48.3 Å². The minimum absolute atomic E-state index is 0.0718. The predicted molar refractivity (Wildman–Crippen MR) is 74.9 cm³/mol. The van der Waals surface area contributed by atoms with E-state index in [-0.39, 0.29) is 17.0 Å². The van der Waals surface area contributed by atoms with E-state index in [1.165, 1.54) is 30.6 Å². The molecule has 0 aliphatic heterocycles. The summed E-state index contributed by atoms with van der Waals surface area (Å²) >= 11 is 1.17. The van der Waals surface area contributed by atoms with E-state index in [1.54, 1.807) is 10.6 Å².